The first kappa shape index (κ1) is 19.7. The smallest absolute Gasteiger partial charge is 0.308 e. The van der Waals surface area contributed by atoms with Crippen LogP contribution < -0.4 is 15.4 Å². The number of rotatable bonds is 5. The maximum absolute atomic E-state index is 13.7. The Balaban J connectivity index is 1.66. The minimum Gasteiger partial charge on any atom is -0.308 e. The number of hydrogen-bond donors (Lipinski definition) is 3. The lowest BCUT2D eigenvalue weighted by Crippen LogP contribution is -2.19. The number of anilines is 3. The summed E-state index contributed by atoms with van der Waals surface area (Å²) in [6.45, 7) is 0. The van der Waals surface area contributed by atoms with Gasteiger partial charge >= 0.3 is 6.03 Å². The minimum absolute atomic E-state index is 0.0700. The molecule has 3 aromatic rings. The van der Waals surface area contributed by atoms with E-state index in [0.717, 1.165) is 6.07 Å². The van der Waals surface area contributed by atoms with Crippen LogP contribution in [0.5, 0.6) is 0 Å². The third-order valence-corrected chi connectivity index (χ3v) is 5.28. The van der Waals surface area contributed by atoms with Gasteiger partial charge in [0.15, 0.2) is 0 Å². The zero-order valence-electron chi connectivity index (χ0n) is 14.3. The molecule has 144 valence electrons. The van der Waals surface area contributed by atoms with Gasteiger partial charge in [-0.3, -0.25) is 4.72 Å². The van der Waals surface area contributed by atoms with Gasteiger partial charge < -0.3 is 10.6 Å². The second kappa shape index (κ2) is 8.28. The molecule has 0 atom stereocenters. The number of para-hydroxylation sites is 1. The van der Waals surface area contributed by atoms with E-state index in [4.69, 9.17) is 11.6 Å². The van der Waals surface area contributed by atoms with Gasteiger partial charge in [-0.25, -0.2) is 17.6 Å². The number of carbonyl (C=O) groups excluding carboxylic acids is 1. The number of hydrogen-bond acceptors (Lipinski definition) is 3. The molecule has 0 aromatic heterocycles. The molecule has 3 aromatic carbocycles. The standard InChI is InChI=1S/C19H15ClFN3O3S/c20-13-5-7-14(8-6-13)22-19(25)23-15-9-11-16(12-10-15)28(26,27)24-18-4-2-1-3-17(18)21/h1-12,24H,(H2,22,23,25). The Morgan fingerprint density at radius 2 is 1.36 bits per heavy atom. The van der Waals surface area contributed by atoms with Gasteiger partial charge in [-0.2, -0.15) is 0 Å². The van der Waals surface area contributed by atoms with Gasteiger partial charge in [0, 0.05) is 16.4 Å². The van der Waals surface area contributed by atoms with Crippen molar-refractivity contribution < 1.29 is 17.6 Å². The Labute approximate surface area is 166 Å². The average molecular weight is 420 g/mol. The number of benzene rings is 3. The van der Waals surface area contributed by atoms with E-state index in [1.54, 1.807) is 24.3 Å². The van der Waals surface area contributed by atoms with E-state index in [1.807, 2.05) is 0 Å². The second-order valence-electron chi connectivity index (χ2n) is 5.70. The first-order valence-corrected chi connectivity index (χ1v) is 9.90. The molecule has 3 rings (SSSR count). The molecule has 0 aliphatic heterocycles. The molecule has 0 radical (unpaired) electrons. The predicted molar refractivity (Wildman–Crippen MR) is 108 cm³/mol. The van der Waals surface area contributed by atoms with E-state index in [9.17, 15) is 17.6 Å². The van der Waals surface area contributed by atoms with Crippen molar-refractivity contribution in [1.29, 1.82) is 0 Å². The molecule has 2 amide bonds. The molecular formula is C19H15ClFN3O3S. The Bertz CT molecular complexity index is 1090. The van der Waals surface area contributed by atoms with Crippen LogP contribution in [-0.2, 0) is 10.0 Å². The lowest BCUT2D eigenvalue weighted by molar-refractivity contribution is 0.262. The molecule has 0 aliphatic carbocycles. The summed E-state index contributed by atoms with van der Waals surface area (Å²) in [4.78, 5) is 11.9. The van der Waals surface area contributed by atoms with Crippen LogP contribution in [0.2, 0.25) is 5.02 Å². The first-order chi connectivity index (χ1) is 13.3. The van der Waals surface area contributed by atoms with Crippen molar-refractivity contribution in [2.45, 2.75) is 4.90 Å². The van der Waals surface area contributed by atoms with E-state index in [-0.39, 0.29) is 10.6 Å². The summed E-state index contributed by atoms with van der Waals surface area (Å²) < 4.78 is 40.6. The highest BCUT2D eigenvalue weighted by molar-refractivity contribution is 7.92. The number of urea groups is 1. The van der Waals surface area contributed by atoms with E-state index in [1.165, 1.54) is 42.5 Å². The van der Waals surface area contributed by atoms with Crippen molar-refractivity contribution in [3.8, 4) is 0 Å². The fraction of sp³-hybridized carbons (Fsp3) is 0. The Kier molecular flexibility index (Phi) is 5.81. The summed E-state index contributed by atoms with van der Waals surface area (Å²) in [7, 11) is -3.96. The lowest BCUT2D eigenvalue weighted by atomic mass is 10.3. The van der Waals surface area contributed by atoms with Crippen LogP contribution in [0.4, 0.5) is 26.2 Å². The van der Waals surface area contributed by atoms with E-state index in [0.29, 0.717) is 16.4 Å². The van der Waals surface area contributed by atoms with E-state index >= 15 is 0 Å². The van der Waals surface area contributed by atoms with E-state index in [2.05, 4.69) is 15.4 Å². The van der Waals surface area contributed by atoms with Gasteiger partial charge in [0.25, 0.3) is 10.0 Å². The monoisotopic (exact) mass is 419 g/mol. The number of sulfonamides is 1. The van der Waals surface area contributed by atoms with Crippen molar-refractivity contribution in [1.82, 2.24) is 0 Å². The molecule has 0 aliphatic rings. The number of halogens is 2. The molecule has 9 heteroatoms. The molecule has 28 heavy (non-hydrogen) atoms. The number of nitrogens with one attached hydrogen (secondary N) is 3. The van der Waals surface area contributed by atoms with Crippen molar-refractivity contribution in [3.63, 3.8) is 0 Å². The highest BCUT2D eigenvalue weighted by Crippen LogP contribution is 2.20. The van der Waals surface area contributed by atoms with Gasteiger partial charge in [-0.15, -0.1) is 0 Å². The zero-order chi connectivity index (χ0) is 20.1. The van der Waals surface area contributed by atoms with Crippen LogP contribution in [-0.4, -0.2) is 14.4 Å². The molecule has 6 nitrogen and oxygen atoms in total. The SMILES string of the molecule is O=C(Nc1ccc(Cl)cc1)Nc1ccc(S(=O)(=O)Nc2ccccc2F)cc1. The molecular weight excluding hydrogens is 405 g/mol. The van der Waals surface area contributed by atoms with E-state index < -0.39 is 21.9 Å². The van der Waals surface area contributed by atoms with Crippen LogP contribution in [0.15, 0.2) is 77.7 Å². The third-order valence-electron chi connectivity index (χ3n) is 3.64. The van der Waals surface area contributed by atoms with Crippen molar-refractivity contribution in [2.24, 2.45) is 0 Å². The Morgan fingerprint density at radius 3 is 1.93 bits per heavy atom. The fourth-order valence-corrected chi connectivity index (χ4v) is 3.49. The highest BCUT2D eigenvalue weighted by atomic mass is 35.5. The van der Waals surface area contributed by atoms with Crippen LogP contribution in [0.1, 0.15) is 0 Å². The summed E-state index contributed by atoms with van der Waals surface area (Å²) >= 11 is 5.79. The number of amides is 2. The van der Waals surface area contributed by atoms with Gasteiger partial charge in [0.2, 0.25) is 0 Å². The molecule has 0 bridgehead atoms. The maximum Gasteiger partial charge on any atom is 0.323 e. The van der Waals surface area contributed by atoms with Crippen LogP contribution in [0.3, 0.4) is 0 Å². The summed E-state index contributed by atoms with van der Waals surface area (Å²) in [5, 5.41) is 5.75. The van der Waals surface area contributed by atoms with Gasteiger partial charge in [-0.1, -0.05) is 23.7 Å². The Morgan fingerprint density at radius 1 is 0.821 bits per heavy atom. The highest BCUT2D eigenvalue weighted by Gasteiger charge is 2.16. The van der Waals surface area contributed by atoms with Crippen LogP contribution in [0.25, 0.3) is 0 Å². The summed E-state index contributed by atoms with van der Waals surface area (Å²) in [6.07, 6.45) is 0. The molecule has 0 spiro atoms. The molecule has 0 saturated carbocycles. The quantitative estimate of drug-likeness (QED) is 0.548. The largest absolute Gasteiger partial charge is 0.323 e. The first-order valence-electron chi connectivity index (χ1n) is 8.04. The van der Waals surface area contributed by atoms with Crippen LogP contribution >= 0.6 is 11.6 Å². The van der Waals surface area contributed by atoms with Gasteiger partial charge in [-0.05, 0) is 60.7 Å². The lowest BCUT2D eigenvalue weighted by Gasteiger charge is -2.10. The summed E-state index contributed by atoms with van der Waals surface area (Å²) in [5.74, 6) is -0.678. The molecule has 0 unspecified atom stereocenters. The summed E-state index contributed by atoms with van der Waals surface area (Å²) in [6, 6.07) is 17.0. The predicted octanol–water partition coefficient (Wildman–Crippen LogP) is 4.92. The van der Waals surface area contributed by atoms with Gasteiger partial charge in [0.05, 0.1) is 10.6 Å². The number of carbonyl (C=O) groups is 1. The topological polar surface area (TPSA) is 87.3 Å². The normalized spacial score (nSPS) is 10.9. The second-order valence-corrected chi connectivity index (χ2v) is 7.81. The average Bonchev–Trinajstić information content (AvgIpc) is 2.66. The zero-order valence-corrected chi connectivity index (χ0v) is 15.9. The molecule has 0 heterocycles. The molecule has 3 N–H and O–H groups in total. The summed E-state index contributed by atoms with van der Waals surface area (Å²) in [5.41, 5.74) is 0.790. The third kappa shape index (κ3) is 4.99. The van der Waals surface area contributed by atoms with Crippen molar-refractivity contribution in [2.75, 3.05) is 15.4 Å². The van der Waals surface area contributed by atoms with Gasteiger partial charge in [0.1, 0.15) is 5.82 Å². The van der Waals surface area contributed by atoms with Crippen molar-refractivity contribution in [3.05, 3.63) is 83.6 Å². The molecule has 0 saturated heterocycles. The minimum atomic E-state index is -3.96. The maximum atomic E-state index is 13.7. The fourth-order valence-electron chi connectivity index (χ4n) is 2.29. The molecule has 0 fully saturated rings. The van der Waals surface area contributed by atoms with Crippen LogP contribution in [0, 0.1) is 5.82 Å². The van der Waals surface area contributed by atoms with Crippen molar-refractivity contribution >= 4 is 44.7 Å². The Hall–Kier alpha value is -3.10.